The summed E-state index contributed by atoms with van der Waals surface area (Å²) in [5, 5.41) is 5.36. The molecule has 1 saturated heterocycles. The molecule has 4 rings (SSSR count). The molecule has 4 heteroatoms. The molecule has 2 aromatic carbocycles. The summed E-state index contributed by atoms with van der Waals surface area (Å²) in [6.45, 7) is 4.71. The lowest BCUT2D eigenvalue weighted by molar-refractivity contribution is 0.279. The van der Waals surface area contributed by atoms with Gasteiger partial charge in [-0.15, -0.1) is 11.8 Å². The second kappa shape index (κ2) is 9.44. The van der Waals surface area contributed by atoms with Crippen molar-refractivity contribution in [1.29, 1.82) is 0 Å². The molecule has 2 heterocycles. The van der Waals surface area contributed by atoms with Crippen molar-refractivity contribution >= 4 is 11.8 Å². The Hall–Kier alpha value is -2.04. The molecule has 1 atom stereocenters. The van der Waals surface area contributed by atoms with Gasteiger partial charge in [0.1, 0.15) is 0 Å². The molecule has 1 unspecified atom stereocenters. The van der Waals surface area contributed by atoms with E-state index in [1.807, 2.05) is 0 Å². The predicted molar refractivity (Wildman–Crippen MR) is 120 cm³/mol. The van der Waals surface area contributed by atoms with E-state index in [2.05, 4.69) is 95.1 Å². The van der Waals surface area contributed by atoms with Crippen LogP contribution in [0, 0.1) is 0 Å². The highest BCUT2D eigenvalue weighted by molar-refractivity contribution is 8.00. The zero-order valence-electron chi connectivity index (χ0n) is 16.6. The fourth-order valence-electron chi connectivity index (χ4n) is 3.95. The van der Waals surface area contributed by atoms with Crippen LogP contribution in [0.25, 0.3) is 16.9 Å². The Kier molecular flexibility index (Phi) is 6.50. The predicted octanol–water partition coefficient (Wildman–Crippen LogP) is 5.65. The molecule has 3 aromatic rings. The third kappa shape index (κ3) is 4.34. The topological polar surface area (TPSA) is 21.1 Å². The minimum Gasteiger partial charge on any atom is -0.290 e. The van der Waals surface area contributed by atoms with Crippen molar-refractivity contribution < 1.29 is 0 Å². The molecule has 28 heavy (non-hydrogen) atoms. The van der Waals surface area contributed by atoms with Gasteiger partial charge in [0.25, 0.3) is 0 Å². The number of hydrogen-bond acceptors (Lipinski definition) is 3. The molecule has 0 radical (unpaired) electrons. The lowest BCUT2D eigenvalue weighted by Crippen LogP contribution is -2.31. The Morgan fingerprint density at radius 2 is 1.75 bits per heavy atom. The molecular weight excluding hydrogens is 362 g/mol. The summed E-state index contributed by atoms with van der Waals surface area (Å²) in [6, 6.07) is 21.2. The van der Waals surface area contributed by atoms with Crippen LogP contribution in [-0.2, 0) is 6.42 Å². The summed E-state index contributed by atoms with van der Waals surface area (Å²) >= 11 is 2.10. The van der Waals surface area contributed by atoms with E-state index in [-0.39, 0.29) is 0 Å². The van der Waals surface area contributed by atoms with E-state index in [0.29, 0.717) is 5.37 Å². The molecule has 1 aliphatic heterocycles. The van der Waals surface area contributed by atoms with Gasteiger partial charge in [-0.2, -0.15) is 5.10 Å². The van der Waals surface area contributed by atoms with Crippen molar-refractivity contribution in [2.45, 2.75) is 38.0 Å². The number of unbranched alkanes of at least 4 members (excludes halogenated alkanes) is 2. The molecule has 0 bridgehead atoms. The lowest BCUT2D eigenvalue weighted by Gasteiger charge is -2.23. The van der Waals surface area contributed by atoms with Crippen LogP contribution in [-0.4, -0.2) is 38.9 Å². The minimum absolute atomic E-state index is 0.563. The van der Waals surface area contributed by atoms with Crippen molar-refractivity contribution in [2.75, 3.05) is 18.8 Å². The number of aromatic nitrogens is 2. The summed E-state index contributed by atoms with van der Waals surface area (Å²) in [7, 11) is 0. The largest absolute Gasteiger partial charge is 0.290 e. The number of nitrogens with zero attached hydrogens (tertiary/aromatic N) is 3. The van der Waals surface area contributed by atoms with Crippen LogP contribution in [0.4, 0.5) is 0 Å². The summed E-state index contributed by atoms with van der Waals surface area (Å²) in [5.41, 5.74) is 4.92. The van der Waals surface area contributed by atoms with Crippen LogP contribution < -0.4 is 0 Å². The SMILES string of the molecule is CCCCCN1CCSC1Cc1cnn(-c2ccccc2)c1-c1ccccc1. The average Bonchev–Trinajstić information content (AvgIpc) is 3.37. The molecule has 0 N–H and O–H groups in total. The van der Waals surface area contributed by atoms with Gasteiger partial charge in [0.2, 0.25) is 0 Å². The average molecular weight is 392 g/mol. The maximum absolute atomic E-state index is 4.79. The van der Waals surface area contributed by atoms with Gasteiger partial charge in [-0.05, 0) is 25.1 Å². The van der Waals surface area contributed by atoms with Gasteiger partial charge in [-0.3, -0.25) is 4.90 Å². The first-order valence-corrected chi connectivity index (χ1v) is 11.4. The first-order chi connectivity index (χ1) is 13.9. The van der Waals surface area contributed by atoms with Crippen molar-refractivity contribution in [3.63, 3.8) is 0 Å². The summed E-state index contributed by atoms with van der Waals surface area (Å²) in [6.07, 6.45) is 7.05. The highest BCUT2D eigenvalue weighted by Crippen LogP contribution is 2.32. The Morgan fingerprint density at radius 1 is 1.00 bits per heavy atom. The fourth-order valence-corrected chi connectivity index (χ4v) is 5.28. The molecule has 1 aliphatic rings. The van der Waals surface area contributed by atoms with Gasteiger partial charge in [0.05, 0.1) is 23.0 Å². The van der Waals surface area contributed by atoms with Crippen molar-refractivity contribution in [3.8, 4) is 16.9 Å². The van der Waals surface area contributed by atoms with Crippen molar-refractivity contribution in [2.24, 2.45) is 0 Å². The summed E-state index contributed by atoms with van der Waals surface area (Å²) in [4.78, 5) is 2.68. The summed E-state index contributed by atoms with van der Waals surface area (Å²) in [5.74, 6) is 1.24. The highest BCUT2D eigenvalue weighted by atomic mass is 32.2. The second-order valence-corrected chi connectivity index (χ2v) is 8.69. The van der Waals surface area contributed by atoms with E-state index in [1.165, 1.54) is 54.9 Å². The van der Waals surface area contributed by atoms with Crippen molar-refractivity contribution in [1.82, 2.24) is 14.7 Å². The van der Waals surface area contributed by atoms with Crippen LogP contribution in [0.2, 0.25) is 0 Å². The first kappa shape index (κ1) is 19.3. The number of para-hydroxylation sites is 1. The molecule has 0 saturated carbocycles. The molecular formula is C24H29N3S. The molecule has 1 fully saturated rings. The van der Waals surface area contributed by atoms with E-state index in [4.69, 9.17) is 5.10 Å². The third-order valence-corrected chi connectivity index (χ3v) is 6.70. The van der Waals surface area contributed by atoms with E-state index in [0.717, 1.165) is 12.1 Å². The van der Waals surface area contributed by atoms with E-state index in [9.17, 15) is 0 Å². The maximum atomic E-state index is 4.79. The van der Waals surface area contributed by atoms with Gasteiger partial charge in [-0.25, -0.2) is 4.68 Å². The smallest absolute Gasteiger partial charge is 0.0773 e. The Morgan fingerprint density at radius 3 is 2.50 bits per heavy atom. The fraction of sp³-hybridized carbons (Fsp3) is 0.375. The van der Waals surface area contributed by atoms with Crippen LogP contribution in [0.3, 0.4) is 0 Å². The zero-order chi connectivity index (χ0) is 19.2. The van der Waals surface area contributed by atoms with Crippen LogP contribution >= 0.6 is 11.8 Å². The zero-order valence-corrected chi connectivity index (χ0v) is 17.4. The molecule has 0 spiro atoms. The highest BCUT2D eigenvalue weighted by Gasteiger charge is 2.27. The maximum Gasteiger partial charge on any atom is 0.0773 e. The minimum atomic E-state index is 0.563. The Bertz CT molecular complexity index is 860. The number of hydrogen-bond donors (Lipinski definition) is 0. The first-order valence-electron chi connectivity index (χ1n) is 10.4. The van der Waals surface area contributed by atoms with E-state index in [1.54, 1.807) is 0 Å². The van der Waals surface area contributed by atoms with Crippen LogP contribution in [0.5, 0.6) is 0 Å². The molecule has 0 amide bonds. The van der Waals surface area contributed by atoms with Crippen LogP contribution in [0.1, 0.15) is 31.7 Å². The molecule has 3 nitrogen and oxygen atoms in total. The van der Waals surface area contributed by atoms with Crippen molar-refractivity contribution in [3.05, 3.63) is 72.4 Å². The quantitative estimate of drug-likeness (QED) is 0.463. The van der Waals surface area contributed by atoms with E-state index >= 15 is 0 Å². The van der Waals surface area contributed by atoms with Gasteiger partial charge in [0.15, 0.2) is 0 Å². The molecule has 146 valence electrons. The van der Waals surface area contributed by atoms with Gasteiger partial charge in [0, 0.05) is 29.8 Å². The van der Waals surface area contributed by atoms with Gasteiger partial charge < -0.3 is 0 Å². The summed E-state index contributed by atoms with van der Waals surface area (Å²) < 4.78 is 2.10. The normalized spacial score (nSPS) is 17.2. The second-order valence-electron chi connectivity index (χ2n) is 7.40. The number of thioether (sulfide) groups is 1. The number of rotatable bonds is 8. The standard InChI is InChI=1S/C24H29N3S/c1-2-3-10-15-26-16-17-28-23(26)18-21-19-25-27(22-13-8-5-9-14-22)24(21)20-11-6-4-7-12-20/h4-9,11-14,19,23H,2-3,10,15-18H2,1H3. The van der Waals surface area contributed by atoms with Gasteiger partial charge >= 0.3 is 0 Å². The molecule has 0 aliphatic carbocycles. The van der Waals surface area contributed by atoms with Crippen LogP contribution in [0.15, 0.2) is 66.9 Å². The Balaban J connectivity index is 1.63. The number of benzene rings is 2. The monoisotopic (exact) mass is 391 g/mol. The lowest BCUT2D eigenvalue weighted by atomic mass is 10.0. The van der Waals surface area contributed by atoms with E-state index < -0.39 is 0 Å². The Labute approximate surface area is 172 Å². The third-order valence-electron chi connectivity index (χ3n) is 5.43. The molecule has 1 aromatic heterocycles. The van der Waals surface area contributed by atoms with Gasteiger partial charge in [-0.1, -0.05) is 68.3 Å².